The van der Waals surface area contributed by atoms with Gasteiger partial charge in [0.2, 0.25) is 0 Å². The Kier molecular flexibility index (Phi) is 7.23. The number of carbonyl (C=O) groups excluding carboxylic acids is 1. The molecule has 0 saturated carbocycles. The third-order valence-electron chi connectivity index (χ3n) is 3.19. The lowest BCUT2D eigenvalue weighted by Crippen LogP contribution is -2.38. The van der Waals surface area contributed by atoms with Crippen LogP contribution in [0.5, 0.6) is 11.5 Å². The maximum atomic E-state index is 11.7. The van der Waals surface area contributed by atoms with Crippen LogP contribution in [-0.4, -0.2) is 25.9 Å². The number of ether oxygens (including phenoxy) is 2. The largest absolute Gasteiger partial charge is 0.494 e. The van der Waals surface area contributed by atoms with E-state index in [1.807, 2.05) is 43.3 Å². The number of benzene rings is 2. The maximum absolute atomic E-state index is 11.7. The smallest absolute Gasteiger partial charge is 0.317 e. The third kappa shape index (κ3) is 6.38. The highest BCUT2D eigenvalue weighted by Gasteiger charge is 2.01. The van der Waals surface area contributed by atoms with Gasteiger partial charge >= 0.3 is 6.03 Å². The molecule has 0 unspecified atom stereocenters. The predicted molar refractivity (Wildman–Crippen MR) is 94.8 cm³/mol. The van der Waals surface area contributed by atoms with E-state index in [0.29, 0.717) is 30.3 Å². The zero-order valence-corrected chi connectivity index (χ0v) is 14.3. The lowest BCUT2D eigenvalue weighted by Gasteiger charge is -2.10. The van der Waals surface area contributed by atoms with Crippen LogP contribution in [0.15, 0.2) is 48.5 Å². The standard InChI is InChI=1S/C18H21ClN2O3/c1-2-23-16-6-8-17(9-7-16)24-13-21-18(22)20-11-10-14-4-3-5-15(19)12-14/h3-9,12H,2,10-11,13H2,1H3,(H2,20,21,22). The average molecular weight is 349 g/mol. The normalized spacial score (nSPS) is 10.1. The molecule has 2 N–H and O–H groups in total. The van der Waals surface area contributed by atoms with Gasteiger partial charge in [-0.3, -0.25) is 0 Å². The Hall–Kier alpha value is -2.40. The molecule has 2 aromatic carbocycles. The van der Waals surface area contributed by atoms with Gasteiger partial charge in [0.25, 0.3) is 0 Å². The molecule has 0 radical (unpaired) electrons. The minimum absolute atomic E-state index is 0.0942. The third-order valence-corrected chi connectivity index (χ3v) is 3.43. The molecular weight excluding hydrogens is 328 g/mol. The maximum Gasteiger partial charge on any atom is 0.317 e. The first kappa shape index (κ1) is 17.9. The van der Waals surface area contributed by atoms with Gasteiger partial charge in [0, 0.05) is 11.6 Å². The molecule has 0 aliphatic heterocycles. The van der Waals surface area contributed by atoms with Gasteiger partial charge in [0.1, 0.15) is 11.5 Å². The minimum atomic E-state index is -0.275. The molecule has 24 heavy (non-hydrogen) atoms. The summed E-state index contributed by atoms with van der Waals surface area (Å²) in [7, 11) is 0. The van der Waals surface area contributed by atoms with E-state index in [1.54, 1.807) is 12.1 Å². The number of rotatable bonds is 8. The van der Waals surface area contributed by atoms with E-state index >= 15 is 0 Å². The van der Waals surface area contributed by atoms with E-state index in [-0.39, 0.29) is 12.8 Å². The molecule has 0 spiro atoms. The molecule has 6 heteroatoms. The number of carbonyl (C=O) groups is 1. The van der Waals surface area contributed by atoms with Crippen LogP contribution < -0.4 is 20.1 Å². The summed E-state index contributed by atoms with van der Waals surface area (Å²) in [5.74, 6) is 1.45. The first-order chi connectivity index (χ1) is 11.7. The highest BCUT2D eigenvalue weighted by Crippen LogP contribution is 2.17. The van der Waals surface area contributed by atoms with Crippen LogP contribution in [-0.2, 0) is 6.42 Å². The topological polar surface area (TPSA) is 59.6 Å². The van der Waals surface area contributed by atoms with Gasteiger partial charge in [0.15, 0.2) is 6.73 Å². The molecule has 128 valence electrons. The van der Waals surface area contributed by atoms with Crippen molar-refractivity contribution in [2.45, 2.75) is 13.3 Å². The van der Waals surface area contributed by atoms with E-state index < -0.39 is 0 Å². The van der Waals surface area contributed by atoms with Gasteiger partial charge in [-0.1, -0.05) is 23.7 Å². The van der Waals surface area contributed by atoms with Crippen molar-refractivity contribution in [1.29, 1.82) is 0 Å². The number of halogens is 1. The summed E-state index contributed by atoms with van der Waals surface area (Å²) in [5.41, 5.74) is 1.08. The number of hydrogen-bond donors (Lipinski definition) is 2. The Morgan fingerprint density at radius 3 is 2.42 bits per heavy atom. The summed E-state index contributed by atoms with van der Waals surface area (Å²) in [6.07, 6.45) is 0.716. The van der Waals surface area contributed by atoms with Crippen molar-refractivity contribution in [2.24, 2.45) is 0 Å². The second kappa shape index (κ2) is 9.67. The van der Waals surface area contributed by atoms with Gasteiger partial charge in [-0.15, -0.1) is 0 Å². The van der Waals surface area contributed by atoms with E-state index in [4.69, 9.17) is 21.1 Å². The lowest BCUT2D eigenvalue weighted by atomic mass is 10.1. The summed E-state index contributed by atoms with van der Waals surface area (Å²) >= 11 is 5.92. The van der Waals surface area contributed by atoms with E-state index in [9.17, 15) is 4.79 Å². The van der Waals surface area contributed by atoms with Crippen molar-refractivity contribution < 1.29 is 14.3 Å². The first-order valence-corrected chi connectivity index (χ1v) is 8.17. The molecule has 5 nitrogen and oxygen atoms in total. The molecule has 0 heterocycles. The zero-order chi connectivity index (χ0) is 17.2. The fourth-order valence-electron chi connectivity index (χ4n) is 2.06. The van der Waals surface area contributed by atoms with Gasteiger partial charge in [-0.25, -0.2) is 4.79 Å². The van der Waals surface area contributed by atoms with Crippen LogP contribution in [0.1, 0.15) is 12.5 Å². The first-order valence-electron chi connectivity index (χ1n) is 7.79. The molecule has 0 bridgehead atoms. The Bertz CT molecular complexity index is 647. The highest BCUT2D eigenvalue weighted by atomic mass is 35.5. The lowest BCUT2D eigenvalue weighted by molar-refractivity contribution is 0.224. The summed E-state index contributed by atoms with van der Waals surface area (Å²) in [5, 5.41) is 6.10. The van der Waals surface area contributed by atoms with Crippen LogP contribution >= 0.6 is 11.6 Å². The SMILES string of the molecule is CCOc1ccc(OCNC(=O)NCCc2cccc(Cl)c2)cc1. The molecule has 0 fully saturated rings. The van der Waals surface area contributed by atoms with Crippen LogP contribution in [0.4, 0.5) is 4.79 Å². The van der Waals surface area contributed by atoms with Gasteiger partial charge in [0.05, 0.1) is 6.61 Å². The van der Waals surface area contributed by atoms with Gasteiger partial charge in [-0.2, -0.15) is 0 Å². The Morgan fingerprint density at radius 1 is 1.04 bits per heavy atom. The van der Waals surface area contributed by atoms with Crippen molar-refractivity contribution in [3.05, 3.63) is 59.1 Å². The van der Waals surface area contributed by atoms with Crippen LogP contribution in [0.2, 0.25) is 5.02 Å². The monoisotopic (exact) mass is 348 g/mol. The number of hydrogen-bond acceptors (Lipinski definition) is 3. The summed E-state index contributed by atoms with van der Waals surface area (Å²) in [6.45, 7) is 3.17. The van der Waals surface area contributed by atoms with Gasteiger partial charge < -0.3 is 20.1 Å². The van der Waals surface area contributed by atoms with Crippen molar-refractivity contribution >= 4 is 17.6 Å². The zero-order valence-electron chi connectivity index (χ0n) is 13.5. The summed E-state index contributed by atoms with van der Waals surface area (Å²) in [6, 6.07) is 14.5. The summed E-state index contributed by atoms with van der Waals surface area (Å²) < 4.78 is 10.8. The molecule has 0 atom stereocenters. The van der Waals surface area contributed by atoms with E-state index in [1.165, 1.54) is 0 Å². The fraction of sp³-hybridized carbons (Fsp3) is 0.278. The summed E-state index contributed by atoms with van der Waals surface area (Å²) in [4.78, 5) is 11.7. The second-order valence-corrected chi connectivity index (χ2v) is 5.44. The van der Waals surface area contributed by atoms with Crippen molar-refractivity contribution in [3.63, 3.8) is 0 Å². The van der Waals surface area contributed by atoms with E-state index in [0.717, 1.165) is 11.3 Å². The average Bonchev–Trinajstić information content (AvgIpc) is 2.57. The predicted octanol–water partition coefficient (Wildman–Crippen LogP) is 3.62. The Labute approximate surface area is 146 Å². The molecule has 0 saturated heterocycles. The van der Waals surface area contributed by atoms with E-state index in [2.05, 4.69) is 10.6 Å². The van der Waals surface area contributed by atoms with Crippen molar-refractivity contribution in [2.75, 3.05) is 19.9 Å². The second-order valence-electron chi connectivity index (χ2n) is 5.01. The number of urea groups is 1. The minimum Gasteiger partial charge on any atom is -0.494 e. The highest BCUT2D eigenvalue weighted by molar-refractivity contribution is 6.30. The van der Waals surface area contributed by atoms with Crippen molar-refractivity contribution in [3.8, 4) is 11.5 Å². The van der Waals surface area contributed by atoms with Crippen molar-refractivity contribution in [1.82, 2.24) is 10.6 Å². The molecule has 2 aromatic rings. The van der Waals surface area contributed by atoms with Crippen LogP contribution in [0.25, 0.3) is 0 Å². The molecule has 2 amide bonds. The quantitative estimate of drug-likeness (QED) is 0.716. The Balaban J connectivity index is 1.62. The molecular formula is C18H21ClN2O3. The number of nitrogens with one attached hydrogen (secondary N) is 2. The Morgan fingerprint density at radius 2 is 1.75 bits per heavy atom. The number of amides is 2. The molecule has 0 aromatic heterocycles. The fourth-order valence-corrected chi connectivity index (χ4v) is 2.27. The van der Waals surface area contributed by atoms with Crippen LogP contribution in [0.3, 0.4) is 0 Å². The molecule has 0 aliphatic carbocycles. The molecule has 2 rings (SSSR count). The van der Waals surface area contributed by atoms with Gasteiger partial charge in [-0.05, 0) is 55.3 Å². The van der Waals surface area contributed by atoms with Crippen LogP contribution in [0, 0.1) is 0 Å². The molecule has 0 aliphatic rings.